The van der Waals surface area contributed by atoms with Crippen LogP contribution in [0.15, 0.2) is 52.4 Å². The van der Waals surface area contributed by atoms with Gasteiger partial charge in [0.15, 0.2) is 11.5 Å². The van der Waals surface area contributed by atoms with Crippen molar-refractivity contribution in [1.82, 2.24) is 10.5 Å². The Morgan fingerprint density at radius 3 is 3.08 bits per heavy atom. The standard InChI is InChI=1S/C18H16N2O3S/c21-18(14-9-16(23-20-14)17-6-3-7-24-17)19-10-12-8-13-4-1-2-5-15(13)22-11-12/h1-7,9,12H,8,10-11H2,(H,19,21). The number of carbonyl (C=O) groups is 1. The second-order valence-corrected chi connectivity index (χ2v) is 6.70. The summed E-state index contributed by atoms with van der Waals surface area (Å²) in [6.07, 6.45) is 0.899. The number of para-hydroxylation sites is 1. The van der Waals surface area contributed by atoms with Crippen LogP contribution in [0.25, 0.3) is 10.6 Å². The molecule has 1 N–H and O–H groups in total. The fourth-order valence-corrected chi connectivity index (χ4v) is 3.44. The molecule has 1 unspecified atom stereocenters. The molecule has 0 radical (unpaired) electrons. The normalized spacial score (nSPS) is 16.2. The maximum absolute atomic E-state index is 12.2. The number of hydrogen-bond donors (Lipinski definition) is 1. The van der Waals surface area contributed by atoms with Gasteiger partial charge < -0.3 is 14.6 Å². The van der Waals surface area contributed by atoms with Gasteiger partial charge in [-0.3, -0.25) is 4.79 Å². The number of amides is 1. The van der Waals surface area contributed by atoms with Gasteiger partial charge >= 0.3 is 0 Å². The molecule has 1 atom stereocenters. The summed E-state index contributed by atoms with van der Waals surface area (Å²) in [5, 5.41) is 8.74. The van der Waals surface area contributed by atoms with Crippen LogP contribution in [0.3, 0.4) is 0 Å². The lowest BCUT2D eigenvalue weighted by Gasteiger charge is -2.25. The second-order valence-electron chi connectivity index (χ2n) is 5.75. The van der Waals surface area contributed by atoms with Crippen molar-refractivity contribution in [2.45, 2.75) is 6.42 Å². The first-order valence-corrected chi connectivity index (χ1v) is 8.67. The largest absolute Gasteiger partial charge is 0.493 e. The quantitative estimate of drug-likeness (QED) is 0.791. The van der Waals surface area contributed by atoms with E-state index < -0.39 is 0 Å². The van der Waals surface area contributed by atoms with Crippen LogP contribution in [0, 0.1) is 5.92 Å². The summed E-state index contributed by atoms with van der Waals surface area (Å²) in [5.74, 6) is 1.59. The van der Waals surface area contributed by atoms with E-state index in [-0.39, 0.29) is 11.8 Å². The second kappa shape index (κ2) is 6.49. The summed E-state index contributed by atoms with van der Waals surface area (Å²) in [4.78, 5) is 13.2. The van der Waals surface area contributed by atoms with E-state index in [1.165, 1.54) is 5.56 Å². The maximum atomic E-state index is 12.2. The van der Waals surface area contributed by atoms with Crippen molar-refractivity contribution in [3.05, 3.63) is 59.1 Å². The number of benzene rings is 1. The predicted octanol–water partition coefficient (Wildman–Crippen LogP) is 3.38. The Morgan fingerprint density at radius 1 is 1.29 bits per heavy atom. The van der Waals surface area contributed by atoms with Gasteiger partial charge in [0, 0.05) is 18.5 Å². The van der Waals surface area contributed by atoms with Crippen molar-refractivity contribution < 1.29 is 14.1 Å². The number of rotatable bonds is 4. The minimum Gasteiger partial charge on any atom is -0.493 e. The lowest BCUT2D eigenvalue weighted by molar-refractivity contribution is 0.0930. The van der Waals surface area contributed by atoms with Crippen LogP contribution >= 0.6 is 11.3 Å². The van der Waals surface area contributed by atoms with Gasteiger partial charge in [-0.25, -0.2) is 0 Å². The van der Waals surface area contributed by atoms with Crippen LogP contribution in [0.5, 0.6) is 5.75 Å². The molecule has 1 aliphatic heterocycles. The van der Waals surface area contributed by atoms with Crippen molar-refractivity contribution in [3.8, 4) is 16.4 Å². The van der Waals surface area contributed by atoms with Gasteiger partial charge in [0.2, 0.25) is 0 Å². The first-order valence-electron chi connectivity index (χ1n) is 7.79. The van der Waals surface area contributed by atoms with Gasteiger partial charge in [-0.15, -0.1) is 11.3 Å². The monoisotopic (exact) mass is 340 g/mol. The molecule has 0 aliphatic carbocycles. The van der Waals surface area contributed by atoms with E-state index in [9.17, 15) is 4.79 Å². The molecule has 4 rings (SSSR count). The molecule has 1 amide bonds. The molecule has 1 aromatic carbocycles. The van der Waals surface area contributed by atoms with E-state index in [1.807, 2.05) is 35.7 Å². The minimum atomic E-state index is -0.222. The highest BCUT2D eigenvalue weighted by Crippen LogP contribution is 2.27. The van der Waals surface area contributed by atoms with Crippen LogP contribution in [-0.2, 0) is 6.42 Å². The average Bonchev–Trinajstić information content (AvgIpc) is 3.30. The van der Waals surface area contributed by atoms with Gasteiger partial charge in [0.05, 0.1) is 11.5 Å². The molecule has 24 heavy (non-hydrogen) atoms. The fraction of sp³-hybridized carbons (Fsp3) is 0.222. The van der Waals surface area contributed by atoms with Crippen molar-refractivity contribution in [2.24, 2.45) is 5.92 Å². The summed E-state index contributed by atoms with van der Waals surface area (Å²) < 4.78 is 11.0. The molecular formula is C18H16N2O3S. The molecule has 2 aromatic heterocycles. The number of thiophene rings is 1. The number of hydrogen-bond acceptors (Lipinski definition) is 5. The number of ether oxygens (including phenoxy) is 1. The van der Waals surface area contributed by atoms with Crippen LogP contribution in [-0.4, -0.2) is 24.2 Å². The van der Waals surface area contributed by atoms with Crippen LogP contribution in [0.4, 0.5) is 0 Å². The van der Waals surface area contributed by atoms with Crippen molar-refractivity contribution >= 4 is 17.2 Å². The summed E-state index contributed by atoms with van der Waals surface area (Å²) in [5.41, 5.74) is 1.49. The lowest BCUT2D eigenvalue weighted by atomic mass is 9.97. The molecule has 1 aliphatic rings. The van der Waals surface area contributed by atoms with Crippen molar-refractivity contribution in [2.75, 3.05) is 13.2 Å². The first kappa shape index (κ1) is 15.0. The molecule has 0 fully saturated rings. The van der Waals surface area contributed by atoms with Crippen molar-refractivity contribution in [1.29, 1.82) is 0 Å². The molecule has 5 nitrogen and oxygen atoms in total. The fourth-order valence-electron chi connectivity index (χ4n) is 2.77. The summed E-state index contributed by atoms with van der Waals surface area (Å²) in [6.45, 7) is 1.16. The minimum absolute atomic E-state index is 0.222. The summed E-state index contributed by atoms with van der Waals surface area (Å²) in [6, 6.07) is 13.6. The lowest BCUT2D eigenvalue weighted by Crippen LogP contribution is -2.34. The van der Waals surface area contributed by atoms with E-state index in [0.717, 1.165) is 17.0 Å². The third kappa shape index (κ3) is 3.05. The molecule has 0 spiro atoms. The van der Waals surface area contributed by atoms with E-state index in [0.29, 0.717) is 24.6 Å². The van der Waals surface area contributed by atoms with Gasteiger partial charge in [0.25, 0.3) is 5.91 Å². The van der Waals surface area contributed by atoms with E-state index in [2.05, 4.69) is 16.5 Å². The molecular weight excluding hydrogens is 324 g/mol. The molecule has 0 bridgehead atoms. The Labute approximate surface area is 143 Å². The first-order chi connectivity index (χ1) is 11.8. The zero-order valence-corrected chi connectivity index (χ0v) is 13.7. The molecule has 3 heterocycles. The third-order valence-electron chi connectivity index (χ3n) is 4.01. The zero-order chi connectivity index (χ0) is 16.4. The van der Waals surface area contributed by atoms with Gasteiger partial charge in [-0.2, -0.15) is 0 Å². The Bertz CT molecular complexity index is 842. The van der Waals surface area contributed by atoms with E-state index >= 15 is 0 Å². The van der Waals surface area contributed by atoms with Crippen LogP contribution < -0.4 is 10.1 Å². The highest BCUT2D eigenvalue weighted by atomic mass is 32.1. The maximum Gasteiger partial charge on any atom is 0.273 e. The average molecular weight is 340 g/mol. The zero-order valence-electron chi connectivity index (χ0n) is 12.9. The van der Waals surface area contributed by atoms with E-state index in [4.69, 9.17) is 9.26 Å². The Balaban J connectivity index is 1.36. The smallest absolute Gasteiger partial charge is 0.273 e. The highest BCUT2D eigenvalue weighted by molar-refractivity contribution is 7.13. The SMILES string of the molecule is O=C(NCC1COc2ccccc2C1)c1cc(-c2cccs2)on1. The van der Waals surface area contributed by atoms with E-state index in [1.54, 1.807) is 17.4 Å². The molecule has 0 saturated carbocycles. The Kier molecular flexibility index (Phi) is 4.04. The van der Waals surface area contributed by atoms with Gasteiger partial charge in [-0.1, -0.05) is 29.4 Å². The number of nitrogens with zero attached hydrogens (tertiary/aromatic N) is 1. The van der Waals surface area contributed by atoms with Crippen LogP contribution in [0.2, 0.25) is 0 Å². The summed E-state index contributed by atoms with van der Waals surface area (Å²) in [7, 11) is 0. The third-order valence-corrected chi connectivity index (χ3v) is 4.90. The van der Waals surface area contributed by atoms with Crippen molar-refractivity contribution in [3.63, 3.8) is 0 Å². The molecule has 122 valence electrons. The van der Waals surface area contributed by atoms with Gasteiger partial charge in [-0.05, 0) is 29.5 Å². The predicted molar refractivity (Wildman–Crippen MR) is 91.3 cm³/mol. The Morgan fingerprint density at radius 2 is 2.21 bits per heavy atom. The topological polar surface area (TPSA) is 64.4 Å². The number of aromatic nitrogens is 1. The highest BCUT2D eigenvalue weighted by Gasteiger charge is 2.21. The number of nitrogens with one attached hydrogen (secondary N) is 1. The number of fused-ring (bicyclic) bond motifs is 1. The summed E-state index contributed by atoms with van der Waals surface area (Å²) >= 11 is 1.55. The molecule has 6 heteroatoms. The molecule has 3 aromatic rings. The Hall–Kier alpha value is -2.60. The van der Waals surface area contributed by atoms with Crippen LogP contribution in [0.1, 0.15) is 16.1 Å². The molecule has 0 saturated heterocycles. The van der Waals surface area contributed by atoms with Gasteiger partial charge in [0.1, 0.15) is 5.75 Å². The number of carbonyl (C=O) groups excluding carboxylic acids is 1.